The molecular formula is C43H52N8O6. The SMILES string of the molecule is COC(=O)N[C@H](C(=O)N1CCC[C@@H]1c1ncc(C#Cc2ccc(C#Cc3cnc([C@@H]4CCCN4C(=O)[C@@H](NC(=O)OC)C(C)C)[nH]3)c3c2C2CCC3C2)[nH]1)C(C)C. The summed E-state index contributed by atoms with van der Waals surface area (Å²) in [5.74, 6) is 15.2. The van der Waals surface area contributed by atoms with Gasteiger partial charge in [-0.05, 0) is 104 Å². The Hall–Kier alpha value is -5.76. The average Bonchev–Trinajstić information content (AvgIpc) is 4.06. The van der Waals surface area contributed by atoms with E-state index in [9.17, 15) is 19.2 Å². The number of likely N-dealkylation sites (tertiary alicyclic amines) is 2. The first-order valence-corrected chi connectivity index (χ1v) is 20.1. The number of benzene rings is 1. The molecule has 300 valence electrons. The second-order valence-corrected chi connectivity index (χ2v) is 16.2. The van der Waals surface area contributed by atoms with Crippen LogP contribution in [-0.2, 0) is 19.1 Å². The number of imidazole rings is 2. The van der Waals surface area contributed by atoms with Crippen LogP contribution in [0.25, 0.3) is 0 Å². The van der Waals surface area contributed by atoms with Gasteiger partial charge in [0.05, 0.1) is 38.7 Å². The fourth-order valence-electron chi connectivity index (χ4n) is 9.03. The van der Waals surface area contributed by atoms with E-state index in [0.29, 0.717) is 48.0 Å². The number of aromatic amines is 2. The van der Waals surface area contributed by atoms with Gasteiger partial charge in [0.2, 0.25) is 11.8 Å². The van der Waals surface area contributed by atoms with Crippen molar-refractivity contribution in [3.05, 3.63) is 69.8 Å². The second kappa shape index (κ2) is 16.8. The number of rotatable bonds is 8. The zero-order valence-corrected chi connectivity index (χ0v) is 33.5. The van der Waals surface area contributed by atoms with Gasteiger partial charge in [0.15, 0.2) is 0 Å². The fraction of sp³-hybridized carbons (Fsp3) is 0.535. The quantitative estimate of drug-likeness (QED) is 0.221. The Balaban J connectivity index is 1.07. The highest BCUT2D eigenvalue weighted by Crippen LogP contribution is 2.55. The maximum absolute atomic E-state index is 13.6. The van der Waals surface area contributed by atoms with Gasteiger partial charge >= 0.3 is 12.2 Å². The summed E-state index contributed by atoms with van der Waals surface area (Å²) in [6.45, 7) is 8.76. The zero-order chi connectivity index (χ0) is 40.4. The predicted octanol–water partition coefficient (Wildman–Crippen LogP) is 5.39. The lowest BCUT2D eigenvalue weighted by Gasteiger charge is -2.29. The summed E-state index contributed by atoms with van der Waals surface area (Å²) in [5, 5.41) is 5.39. The number of carbonyl (C=O) groups is 4. The lowest BCUT2D eigenvalue weighted by atomic mass is 9.85. The van der Waals surface area contributed by atoms with Crippen molar-refractivity contribution in [2.45, 2.75) is 109 Å². The first-order chi connectivity index (χ1) is 27.5. The Bertz CT molecular complexity index is 2000. The number of aromatic nitrogens is 4. The van der Waals surface area contributed by atoms with Gasteiger partial charge in [0, 0.05) is 24.2 Å². The molecular weight excluding hydrogens is 725 g/mol. The van der Waals surface area contributed by atoms with Crippen LogP contribution in [0, 0.1) is 35.5 Å². The van der Waals surface area contributed by atoms with E-state index >= 15 is 0 Å². The van der Waals surface area contributed by atoms with Crippen LogP contribution in [0.2, 0.25) is 0 Å². The summed E-state index contributed by atoms with van der Waals surface area (Å²) >= 11 is 0. The van der Waals surface area contributed by atoms with Crippen molar-refractivity contribution in [3.63, 3.8) is 0 Å². The maximum Gasteiger partial charge on any atom is 0.407 e. The van der Waals surface area contributed by atoms with E-state index in [0.717, 1.165) is 56.1 Å². The molecule has 2 unspecified atom stereocenters. The summed E-state index contributed by atoms with van der Waals surface area (Å²) in [6, 6.07) is 2.28. The molecule has 4 amide bonds. The molecule has 2 aliphatic heterocycles. The zero-order valence-electron chi connectivity index (χ0n) is 33.5. The molecule has 4 aliphatic rings. The molecule has 7 rings (SSSR count). The van der Waals surface area contributed by atoms with E-state index in [4.69, 9.17) is 9.47 Å². The molecule has 4 N–H and O–H groups in total. The van der Waals surface area contributed by atoms with E-state index in [1.54, 1.807) is 22.2 Å². The van der Waals surface area contributed by atoms with Gasteiger partial charge in [-0.1, -0.05) is 39.5 Å². The van der Waals surface area contributed by atoms with Crippen LogP contribution in [0.3, 0.4) is 0 Å². The minimum Gasteiger partial charge on any atom is -0.453 e. The number of nitrogens with one attached hydrogen (secondary N) is 4. The van der Waals surface area contributed by atoms with E-state index in [1.165, 1.54) is 25.3 Å². The van der Waals surface area contributed by atoms with Crippen molar-refractivity contribution < 1.29 is 28.7 Å². The Kier molecular flexibility index (Phi) is 11.6. The minimum atomic E-state index is -0.698. The highest BCUT2D eigenvalue weighted by Gasteiger charge is 2.41. The number of alkyl carbamates (subject to hydrolysis) is 2. The number of methoxy groups -OCH3 is 2. The molecule has 3 fully saturated rings. The van der Waals surface area contributed by atoms with Crippen molar-refractivity contribution in [3.8, 4) is 23.7 Å². The molecule has 14 heteroatoms. The van der Waals surface area contributed by atoms with Crippen LogP contribution in [-0.4, -0.2) is 93.1 Å². The molecule has 0 radical (unpaired) electrons. The van der Waals surface area contributed by atoms with Crippen molar-refractivity contribution in [2.75, 3.05) is 27.3 Å². The topological polar surface area (TPSA) is 175 Å². The Morgan fingerprint density at radius 3 is 1.49 bits per heavy atom. The standard InChI is InChI=1S/C43H52N8O6/c1-24(2)36(48-42(54)56-5)40(52)50-19-7-9-32(50)38-44-22-30(46-38)17-15-26-11-12-27(35-29-14-13-28(21-29)34(26)35)16-18-31-23-45-39(47-31)33-10-8-20-51(33)41(53)37(25(3)4)49-43(55)57-6/h11-12,22-25,28-29,32-33,36-37H,7-10,13-14,19-21H2,1-6H3,(H,44,46)(H,45,47)(H,48,54)(H,49,55)/t28?,29?,32-,33+,36-,37-/m0/s1. The van der Waals surface area contributed by atoms with Gasteiger partial charge < -0.3 is 39.9 Å². The molecule has 2 saturated heterocycles. The number of carbonyl (C=O) groups excluding carboxylic acids is 4. The molecule has 1 saturated carbocycles. The lowest BCUT2D eigenvalue weighted by Crippen LogP contribution is -2.51. The van der Waals surface area contributed by atoms with Crippen molar-refractivity contribution in [2.24, 2.45) is 11.8 Å². The number of amides is 4. The third-order valence-corrected chi connectivity index (χ3v) is 11.9. The summed E-state index contributed by atoms with van der Waals surface area (Å²) in [6.07, 6.45) is 8.78. The van der Waals surface area contributed by atoms with E-state index in [1.807, 2.05) is 27.7 Å². The predicted molar refractivity (Wildman–Crippen MR) is 211 cm³/mol. The molecule has 2 bridgehead atoms. The monoisotopic (exact) mass is 776 g/mol. The number of hydrogen-bond acceptors (Lipinski definition) is 8. The smallest absolute Gasteiger partial charge is 0.407 e. The first-order valence-electron chi connectivity index (χ1n) is 20.1. The highest BCUT2D eigenvalue weighted by molar-refractivity contribution is 5.87. The molecule has 2 aromatic heterocycles. The van der Waals surface area contributed by atoms with Crippen LogP contribution in [0.15, 0.2) is 24.5 Å². The lowest BCUT2D eigenvalue weighted by molar-refractivity contribution is -0.136. The van der Waals surface area contributed by atoms with Crippen LogP contribution in [0.4, 0.5) is 9.59 Å². The van der Waals surface area contributed by atoms with E-state index in [-0.39, 0.29) is 35.7 Å². The Morgan fingerprint density at radius 2 is 1.11 bits per heavy atom. The maximum atomic E-state index is 13.6. The van der Waals surface area contributed by atoms with Crippen molar-refractivity contribution in [1.82, 2.24) is 40.4 Å². The molecule has 0 spiro atoms. The largest absolute Gasteiger partial charge is 0.453 e. The van der Waals surface area contributed by atoms with Crippen LogP contribution in [0.1, 0.15) is 142 Å². The average molecular weight is 777 g/mol. The number of H-pyrrole nitrogens is 2. The molecule has 2 aliphatic carbocycles. The number of ether oxygens (including phenoxy) is 2. The van der Waals surface area contributed by atoms with Gasteiger partial charge in [-0.3, -0.25) is 9.59 Å². The van der Waals surface area contributed by atoms with Crippen LogP contribution >= 0.6 is 0 Å². The minimum absolute atomic E-state index is 0.113. The molecule has 1 aromatic carbocycles. The number of nitrogens with zero attached hydrogens (tertiary/aromatic N) is 4. The van der Waals surface area contributed by atoms with E-state index < -0.39 is 24.3 Å². The van der Waals surface area contributed by atoms with Gasteiger partial charge in [0.25, 0.3) is 0 Å². The second-order valence-electron chi connectivity index (χ2n) is 16.2. The van der Waals surface area contributed by atoms with Gasteiger partial charge in [-0.25, -0.2) is 19.6 Å². The normalized spacial score (nSPS) is 21.7. The molecule has 6 atom stereocenters. The van der Waals surface area contributed by atoms with Crippen molar-refractivity contribution >= 4 is 24.0 Å². The molecule has 57 heavy (non-hydrogen) atoms. The van der Waals surface area contributed by atoms with Gasteiger partial charge in [-0.2, -0.15) is 0 Å². The molecule has 3 aromatic rings. The van der Waals surface area contributed by atoms with Crippen LogP contribution < -0.4 is 10.6 Å². The molecule has 14 nitrogen and oxygen atoms in total. The molecule has 4 heterocycles. The van der Waals surface area contributed by atoms with Gasteiger partial charge in [-0.15, -0.1) is 0 Å². The summed E-state index contributed by atoms with van der Waals surface area (Å²) in [7, 11) is 2.58. The van der Waals surface area contributed by atoms with Gasteiger partial charge in [0.1, 0.15) is 35.1 Å². The Morgan fingerprint density at radius 1 is 0.684 bits per heavy atom. The fourth-order valence-corrected chi connectivity index (χ4v) is 9.03. The van der Waals surface area contributed by atoms with E-state index in [2.05, 4.69) is 66.4 Å². The third-order valence-electron chi connectivity index (χ3n) is 11.9. The number of fused-ring (bicyclic) bond motifs is 5. The third kappa shape index (κ3) is 8.09. The van der Waals surface area contributed by atoms with Crippen LogP contribution in [0.5, 0.6) is 0 Å². The summed E-state index contributed by atoms with van der Waals surface area (Å²) in [4.78, 5) is 70.7. The summed E-state index contributed by atoms with van der Waals surface area (Å²) in [5.41, 5.74) is 5.94. The summed E-state index contributed by atoms with van der Waals surface area (Å²) < 4.78 is 9.53. The van der Waals surface area contributed by atoms with Crippen molar-refractivity contribution in [1.29, 1.82) is 0 Å². The number of hydrogen-bond donors (Lipinski definition) is 4. The highest BCUT2D eigenvalue weighted by atomic mass is 16.5. The Labute approximate surface area is 333 Å². The first kappa shape index (κ1) is 39.5.